The van der Waals surface area contributed by atoms with Crippen LogP contribution >= 0.6 is 0 Å². The number of para-hydroxylation sites is 1. The van der Waals surface area contributed by atoms with Gasteiger partial charge < -0.3 is 10.1 Å². The van der Waals surface area contributed by atoms with E-state index in [1.807, 2.05) is 30.3 Å². The van der Waals surface area contributed by atoms with Gasteiger partial charge in [0.2, 0.25) is 0 Å². The predicted molar refractivity (Wildman–Crippen MR) is 80.5 cm³/mol. The monoisotopic (exact) mass is 259 g/mol. The van der Waals surface area contributed by atoms with Crippen molar-refractivity contribution >= 4 is 0 Å². The van der Waals surface area contributed by atoms with Crippen LogP contribution in [0, 0.1) is 11.8 Å². The Morgan fingerprint density at radius 2 is 2.05 bits per heavy atom. The van der Waals surface area contributed by atoms with E-state index < -0.39 is 0 Å². The van der Waals surface area contributed by atoms with Gasteiger partial charge in [-0.15, -0.1) is 0 Å². The third-order valence-corrected chi connectivity index (χ3v) is 3.61. The lowest BCUT2D eigenvalue weighted by atomic mass is 9.84. The van der Waals surface area contributed by atoms with Crippen LogP contribution in [0.4, 0.5) is 0 Å². The molecule has 19 heavy (non-hydrogen) atoms. The fraction of sp³-hybridized carbons (Fsp3) is 0.529. The second-order valence-corrected chi connectivity index (χ2v) is 5.66. The van der Waals surface area contributed by atoms with Gasteiger partial charge in [0.1, 0.15) is 12.4 Å². The van der Waals surface area contributed by atoms with Crippen LogP contribution in [0.25, 0.3) is 0 Å². The third kappa shape index (κ3) is 5.07. The van der Waals surface area contributed by atoms with Gasteiger partial charge in [-0.2, -0.15) is 0 Å². The number of rotatable bonds is 6. The van der Waals surface area contributed by atoms with E-state index in [4.69, 9.17) is 4.74 Å². The van der Waals surface area contributed by atoms with E-state index in [-0.39, 0.29) is 0 Å². The zero-order chi connectivity index (χ0) is 13.5. The van der Waals surface area contributed by atoms with Crippen molar-refractivity contribution in [3.05, 3.63) is 42.0 Å². The maximum absolute atomic E-state index is 5.66. The van der Waals surface area contributed by atoms with Crippen LogP contribution < -0.4 is 10.1 Å². The Bertz CT molecular complexity index is 399. The SMILES string of the molecule is CC1=CC(C)CC(CNCCOc2ccccc2)C1. The zero-order valence-electron chi connectivity index (χ0n) is 12.1. The standard InChI is InChI=1S/C17H25NO/c1-14-10-15(2)12-16(11-14)13-18-8-9-19-17-6-4-3-5-7-17/h3-7,10,14,16,18H,8-9,11-13H2,1-2H3. The molecule has 0 fully saturated rings. The molecule has 1 aliphatic rings. The molecule has 0 spiro atoms. The number of benzene rings is 1. The summed E-state index contributed by atoms with van der Waals surface area (Å²) in [5, 5.41) is 3.51. The van der Waals surface area contributed by atoms with Crippen molar-refractivity contribution in [2.45, 2.75) is 26.7 Å². The normalized spacial score (nSPS) is 22.9. The average Bonchev–Trinajstić information content (AvgIpc) is 2.38. The first-order chi connectivity index (χ1) is 9.24. The molecule has 1 N–H and O–H groups in total. The van der Waals surface area contributed by atoms with Crippen LogP contribution in [0.2, 0.25) is 0 Å². The van der Waals surface area contributed by atoms with E-state index in [0.717, 1.165) is 37.3 Å². The molecule has 0 saturated carbocycles. The first-order valence-corrected chi connectivity index (χ1v) is 7.30. The van der Waals surface area contributed by atoms with Gasteiger partial charge in [0.25, 0.3) is 0 Å². The largest absolute Gasteiger partial charge is 0.492 e. The molecule has 0 radical (unpaired) electrons. The van der Waals surface area contributed by atoms with Gasteiger partial charge in [0.05, 0.1) is 0 Å². The molecule has 2 atom stereocenters. The third-order valence-electron chi connectivity index (χ3n) is 3.61. The number of allylic oxidation sites excluding steroid dienone is 2. The summed E-state index contributed by atoms with van der Waals surface area (Å²) in [5.74, 6) is 2.48. The number of nitrogens with one attached hydrogen (secondary N) is 1. The Morgan fingerprint density at radius 1 is 1.26 bits per heavy atom. The second kappa shape index (κ2) is 7.34. The van der Waals surface area contributed by atoms with E-state index in [9.17, 15) is 0 Å². The van der Waals surface area contributed by atoms with Gasteiger partial charge in [-0.25, -0.2) is 0 Å². The molecule has 0 saturated heterocycles. The summed E-state index contributed by atoms with van der Waals surface area (Å²) in [7, 11) is 0. The maximum atomic E-state index is 5.66. The van der Waals surface area contributed by atoms with Gasteiger partial charge in [-0.1, -0.05) is 36.8 Å². The molecule has 0 bridgehead atoms. The highest BCUT2D eigenvalue weighted by atomic mass is 16.5. The van der Waals surface area contributed by atoms with Crippen molar-refractivity contribution in [3.8, 4) is 5.75 Å². The van der Waals surface area contributed by atoms with Crippen LogP contribution in [0.5, 0.6) is 5.75 Å². The highest BCUT2D eigenvalue weighted by Crippen LogP contribution is 2.27. The van der Waals surface area contributed by atoms with Crippen LogP contribution in [0.1, 0.15) is 26.7 Å². The minimum Gasteiger partial charge on any atom is -0.492 e. The van der Waals surface area contributed by atoms with Crippen LogP contribution in [-0.4, -0.2) is 19.7 Å². The van der Waals surface area contributed by atoms with E-state index in [2.05, 4.69) is 25.2 Å². The fourth-order valence-electron chi connectivity index (χ4n) is 2.91. The number of hydrogen-bond donors (Lipinski definition) is 1. The molecule has 2 heteroatoms. The Kier molecular flexibility index (Phi) is 5.46. The van der Waals surface area contributed by atoms with Crippen molar-refractivity contribution in [2.75, 3.05) is 19.7 Å². The van der Waals surface area contributed by atoms with E-state index in [0.29, 0.717) is 0 Å². The highest BCUT2D eigenvalue weighted by molar-refractivity contribution is 5.20. The zero-order valence-corrected chi connectivity index (χ0v) is 12.1. The molecule has 1 aliphatic carbocycles. The lowest BCUT2D eigenvalue weighted by Crippen LogP contribution is -2.29. The Labute approximate surface area is 116 Å². The van der Waals surface area contributed by atoms with Crippen LogP contribution in [-0.2, 0) is 0 Å². The Balaban J connectivity index is 1.59. The predicted octanol–water partition coefficient (Wildman–Crippen LogP) is 3.65. The molecular weight excluding hydrogens is 234 g/mol. The molecule has 104 valence electrons. The summed E-state index contributed by atoms with van der Waals surface area (Å²) in [5.41, 5.74) is 1.55. The molecule has 0 heterocycles. The first-order valence-electron chi connectivity index (χ1n) is 7.30. The number of ether oxygens (including phenoxy) is 1. The molecule has 2 rings (SSSR count). The van der Waals surface area contributed by atoms with E-state index in [1.165, 1.54) is 12.8 Å². The summed E-state index contributed by atoms with van der Waals surface area (Å²) in [6, 6.07) is 10.0. The lowest BCUT2D eigenvalue weighted by Gasteiger charge is -2.25. The fourth-order valence-corrected chi connectivity index (χ4v) is 2.91. The van der Waals surface area contributed by atoms with Gasteiger partial charge in [0.15, 0.2) is 0 Å². The van der Waals surface area contributed by atoms with E-state index in [1.54, 1.807) is 5.57 Å². The van der Waals surface area contributed by atoms with Gasteiger partial charge >= 0.3 is 0 Å². The molecule has 0 amide bonds. The van der Waals surface area contributed by atoms with Gasteiger partial charge in [0, 0.05) is 6.54 Å². The molecule has 2 unspecified atom stereocenters. The Morgan fingerprint density at radius 3 is 2.79 bits per heavy atom. The average molecular weight is 259 g/mol. The van der Waals surface area contributed by atoms with Crippen molar-refractivity contribution in [2.24, 2.45) is 11.8 Å². The van der Waals surface area contributed by atoms with Crippen molar-refractivity contribution in [1.82, 2.24) is 5.32 Å². The molecule has 1 aromatic rings. The van der Waals surface area contributed by atoms with Crippen LogP contribution in [0.15, 0.2) is 42.0 Å². The summed E-state index contributed by atoms with van der Waals surface area (Å²) in [6.07, 6.45) is 4.97. The molecule has 0 aromatic heterocycles. The summed E-state index contributed by atoms with van der Waals surface area (Å²) >= 11 is 0. The molecule has 1 aromatic carbocycles. The molecule has 2 nitrogen and oxygen atoms in total. The minimum absolute atomic E-state index is 0.737. The topological polar surface area (TPSA) is 21.3 Å². The minimum atomic E-state index is 0.737. The summed E-state index contributed by atoms with van der Waals surface area (Å²) in [6.45, 7) is 7.33. The maximum Gasteiger partial charge on any atom is 0.119 e. The molecule has 0 aliphatic heterocycles. The van der Waals surface area contributed by atoms with Gasteiger partial charge in [-0.3, -0.25) is 0 Å². The van der Waals surface area contributed by atoms with Crippen LogP contribution in [0.3, 0.4) is 0 Å². The highest BCUT2D eigenvalue weighted by Gasteiger charge is 2.17. The first kappa shape index (κ1) is 14.1. The summed E-state index contributed by atoms with van der Waals surface area (Å²) < 4.78 is 5.66. The summed E-state index contributed by atoms with van der Waals surface area (Å²) in [4.78, 5) is 0. The van der Waals surface area contributed by atoms with Crippen molar-refractivity contribution in [3.63, 3.8) is 0 Å². The molecular formula is C17H25NO. The van der Waals surface area contributed by atoms with Gasteiger partial charge in [-0.05, 0) is 50.3 Å². The van der Waals surface area contributed by atoms with Crippen molar-refractivity contribution in [1.29, 1.82) is 0 Å². The number of hydrogen-bond acceptors (Lipinski definition) is 2. The second-order valence-electron chi connectivity index (χ2n) is 5.66. The smallest absolute Gasteiger partial charge is 0.119 e. The quantitative estimate of drug-likeness (QED) is 0.622. The van der Waals surface area contributed by atoms with E-state index >= 15 is 0 Å². The lowest BCUT2D eigenvalue weighted by molar-refractivity contribution is 0.302. The Hall–Kier alpha value is -1.28. The van der Waals surface area contributed by atoms with Crippen molar-refractivity contribution < 1.29 is 4.74 Å².